The minimum atomic E-state index is 0.649. The lowest BCUT2D eigenvalue weighted by Crippen LogP contribution is -2.02. The molecular weight excluding hydrogens is 204 g/mol. The largest absolute Gasteiger partial charge is 0.0836 e. The van der Waals surface area contributed by atoms with Gasteiger partial charge in [-0.1, -0.05) is 55.3 Å². The van der Waals surface area contributed by atoms with E-state index in [4.69, 9.17) is 0 Å². The smallest absolute Gasteiger partial charge is 0.0155 e. The molecular formula is C17H22. The van der Waals surface area contributed by atoms with Crippen molar-refractivity contribution in [2.45, 2.75) is 40.5 Å². The number of aryl methyl sites for hydroxylation is 2. The Labute approximate surface area is 105 Å². The summed E-state index contributed by atoms with van der Waals surface area (Å²) in [6.07, 6.45) is 7.04. The first-order valence-electron chi connectivity index (χ1n) is 6.57. The number of hydrogen-bond acceptors (Lipinski definition) is 0. The first-order valence-corrected chi connectivity index (χ1v) is 6.57. The summed E-state index contributed by atoms with van der Waals surface area (Å²) in [6.45, 7) is 8.98. The quantitative estimate of drug-likeness (QED) is 0.661. The normalized spacial score (nSPS) is 15.8. The average molecular weight is 226 g/mol. The van der Waals surface area contributed by atoms with Crippen LogP contribution in [0.4, 0.5) is 0 Å². The molecule has 1 aromatic rings. The molecule has 0 fully saturated rings. The van der Waals surface area contributed by atoms with Crippen molar-refractivity contribution in [1.29, 1.82) is 0 Å². The van der Waals surface area contributed by atoms with Crippen LogP contribution in [0.15, 0.2) is 35.9 Å². The zero-order valence-corrected chi connectivity index (χ0v) is 11.4. The molecule has 0 bridgehead atoms. The minimum Gasteiger partial charge on any atom is -0.0836 e. The standard InChI is InChI=1S/C17H22/c1-12(2)15-7-5-6-8-17(15)16-10-9-13(3)11-14(16)4/h6,8-12H,5,7H2,1-4H3. The van der Waals surface area contributed by atoms with Crippen molar-refractivity contribution in [3.63, 3.8) is 0 Å². The van der Waals surface area contributed by atoms with Gasteiger partial charge in [-0.25, -0.2) is 0 Å². The molecule has 0 nitrogen and oxygen atoms in total. The van der Waals surface area contributed by atoms with Crippen LogP contribution in [-0.4, -0.2) is 0 Å². The summed E-state index contributed by atoms with van der Waals surface area (Å²) in [4.78, 5) is 0. The first kappa shape index (κ1) is 12.2. The molecule has 1 aromatic carbocycles. The van der Waals surface area contributed by atoms with E-state index in [2.05, 4.69) is 58.0 Å². The molecule has 0 aromatic heterocycles. The molecule has 0 N–H and O–H groups in total. The highest BCUT2D eigenvalue weighted by molar-refractivity contribution is 5.79. The van der Waals surface area contributed by atoms with E-state index in [1.54, 1.807) is 5.57 Å². The Kier molecular flexibility index (Phi) is 3.51. The number of hydrogen-bond donors (Lipinski definition) is 0. The van der Waals surface area contributed by atoms with Crippen molar-refractivity contribution in [3.05, 3.63) is 52.6 Å². The predicted molar refractivity (Wildman–Crippen MR) is 76.0 cm³/mol. The fraction of sp³-hybridized carbons (Fsp3) is 0.412. The number of benzene rings is 1. The van der Waals surface area contributed by atoms with E-state index >= 15 is 0 Å². The summed E-state index contributed by atoms with van der Waals surface area (Å²) in [6, 6.07) is 6.77. The highest BCUT2D eigenvalue weighted by atomic mass is 14.2. The van der Waals surface area contributed by atoms with Gasteiger partial charge in [-0.3, -0.25) is 0 Å². The minimum absolute atomic E-state index is 0.649. The van der Waals surface area contributed by atoms with Crippen molar-refractivity contribution in [2.75, 3.05) is 0 Å². The summed E-state index contributed by atoms with van der Waals surface area (Å²) in [7, 11) is 0. The van der Waals surface area contributed by atoms with E-state index in [0.717, 1.165) is 0 Å². The third kappa shape index (κ3) is 2.52. The molecule has 17 heavy (non-hydrogen) atoms. The lowest BCUT2D eigenvalue weighted by Gasteiger charge is -2.21. The van der Waals surface area contributed by atoms with Crippen LogP contribution in [-0.2, 0) is 0 Å². The second-order valence-corrected chi connectivity index (χ2v) is 5.35. The van der Waals surface area contributed by atoms with Crippen LogP contribution in [0.3, 0.4) is 0 Å². The molecule has 0 heterocycles. The van der Waals surface area contributed by atoms with Gasteiger partial charge < -0.3 is 0 Å². The lowest BCUT2D eigenvalue weighted by atomic mass is 9.84. The van der Waals surface area contributed by atoms with Crippen LogP contribution in [0, 0.1) is 19.8 Å². The highest BCUT2D eigenvalue weighted by Gasteiger charge is 2.14. The first-order chi connectivity index (χ1) is 8.09. The average Bonchev–Trinajstić information content (AvgIpc) is 2.29. The van der Waals surface area contributed by atoms with Gasteiger partial charge in [0.25, 0.3) is 0 Å². The predicted octanol–water partition coefficient (Wildman–Crippen LogP) is 5.06. The maximum Gasteiger partial charge on any atom is -0.0155 e. The molecule has 1 aliphatic carbocycles. The van der Waals surface area contributed by atoms with E-state index in [1.165, 1.54) is 35.1 Å². The van der Waals surface area contributed by atoms with E-state index in [1.807, 2.05) is 0 Å². The monoisotopic (exact) mass is 226 g/mol. The molecule has 0 radical (unpaired) electrons. The molecule has 0 heteroatoms. The van der Waals surface area contributed by atoms with Gasteiger partial charge in [0.15, 0.2) is 0 Å². The molecule has 2 rings (SSSR count). The fourth-order valence-electron chi connectivity index (χ4n) is 2.66. The third-order valence-corrected chi connectivity index (χ3v) is 3.58. The van der Waals surface area contributed by atoms with Crippen molar-refractivity contribution in [2.24, 2.45) is 5.92 Å². The van der Waals surface area contributed by atoms with Gasteiger partial charge in [-0.2, -0.15) is 0 Å². The second-order valence-electron chi connectivity index (χ2n) is 5.35. The van der Waals surface area contributed by atoms with Crippen LogP contribution in [0.5, 0.6) is 0 Å². The molecule has 0 amide bonds. The zero-order chi connectivity index (χ0) is 12.4. The van der Waals surface area contributed by atoms with E-state index in [-0.39, 0.29) is 0 Å². The Bertz CT molecular complexity index is 473. The van der Waals surface area contributed by atoms with Gasteiger partial charge in [0, 0.05) is 0 Å². The van der Waals surface area contributed by atoms with Crippen molar-refractivity contribution in [1.82, 2.24) is 0 Å². The molecule has 0 unspecified atom stereocenters. The van der Waals surface area contributed by atoms with Gasteiger partial charge in [0.2, 0.25) is 0 Å². The van der Waals surface area contributed by atoms with E-state index < -0.39 is 0 Å². The Morgan fingerprint density at radius 3 is 2.53 bits per heavy atom. The van der Waals surface area contributed by atoms with Gasteiger partial charge in [-0.15, -0.1) is 0 Å². The van der Waals surface area contributed by atoms with Gasteiger partial charge >= 0.3 is 0 Å². The molecule has 0 saturated carbocycles. The van der Waals surface area contributed by atoms with Crippen LogP contribution in [0.25, 0.3) is 5.57 Å². The van der Waals surface area contributed by atoms with Crippen molar-refractivity contribution < 1.29 is 0 Å². The Balaban J connectivity index is 2.53. The maximum atomic E-state index is 2.32. The van der Waals surface area contributed by atoms with Crippen LogP contribution in [0.2, 0.25) is 0 Å². The summed E-state index contributed by atoms with van der Waals surface area (Å²) in [5.41, 5.74) is 7.22. The third-order valence-electron chi connectivity index (χ3n) is 3.58. The number of allylic oxidation sites excluding steroid dienone is 4. The Morgan fingerprint density at radius 1 is 1.12 bits per heavy atom. The van der Waals surface area contributed by atoms with Crippen molar-refractivity contribution in [3.8, 4) is 0 Å². The lowest BCUT2D eigenvalue weighted by molar-refractivity contribution is 0.714. The summed E-state index contributed by atoms with van der Waals surface area (Å²) in [5.74, 6) is 0.649. The second kappa shape index (κ2) is 4.91. The van der Waals surface area contributed by atoms with Crippen molar-refractivity contribution >= 4 is 5.57 Å². The topological polar surface area (TPSA) is 0 Å². The molecule has 90 valence electrons. The maximum absolute atomic E-state index is 2.32. The zero-order valence-electron chi connectivity index (χ0n) is 11.4. The van der Waals surface area contributed by atoms with Crippen LogP contribution in [0.1, 0.15) is 43.4 Å². The van der Waals surface area contributed by atoms with Crippen LogP contribution < -0.4 is 0 Å². The highest BCUT2D eigenvalue weighted by Crippen LogP contribution is 2.33. The van der Waals surface area contributed by atoms with Gasteiger partial charge in [0.05, 0.1) is 0 Å². The molecule has 0 spiro atoms. The summed E-state index contributed by atoms with van der Waals surface area (Å²) < 4.78 is 0. The van der Waals surface area contributed by atoms with E-state index in [0.29, 0.717) is 5.92 Å². The summed E-state index contributed by atoms with van der Waals surface area (Å²) >= 11 is 0. The van der Waals surface area contributed by atoms with Crippen LogP contribution >= 0.6 is 0 Å². The Hall–Kier alpha value is -1.30. The molecule has 0 saturated heterocycles. The SMILES string of the molecule is Cc1ccc(C2=C(C(C)C)CCC=C2)c(C)c1. The van der Waals surface area contributed by atoms with Gasteiger partial charge in [0.1, 0.15) is 0 Å². The van der Waals surface area contributed by atoms with Gasteiger partial charge in [-0.05, 0) is 49.3 Å². The molecule has 1 aliphatic rings. The molecule has 0 atom stereocenters. The summed E-state index contributed by atoms with van der Waals surface area (Å²) in [5, 5.41) is 0. The molecule has 0 aliphatic heterocycles. The fourth-order valence-corrected chi connectivity index (χ4v) is 2.66. The number of rotatable bonds is 2. The Morgan fingerprint density at radius 2 is 1.88 bits per heavy atom. The van der Waals surface area contributed by atoms with E-state index in [9.17, 15) is 0 Å².